The van der Waals surface area contributed by atoms with Gasteiger partial charge in [-0.2, -0.15) is 0 Å². The fourth-order valence-electron chi connectivity index (χ4n) is 1.55. The van der Waals surface area contributed by atoms with Gasteiger partial charge >= 0.3 is 0 Å². The molecular weight excluding hydrogens is 242 g/mol. The van der Waals surface area contributed by atoms with Crippen LogP contribution < -0.4 is 14.8 Å². The third kappa shape index (κ3) is 5.32. The lowest BCUT2D eigenvalue weighted by molar-refractivity contribution is 0.0201. The number of hydrogen-bond acceptors (Lipinski definition) is 4. The van der Waals surface area contributed by atoms with E-state index >= 15 is 0 Å². The molecule has 4 heteroatoms. The lowest BCUT2D eigenvalue weighted by Gasteiger charge is -2.25. The van der Waals surface area contributed by atoms with Crippen LogP contribution in [-0.4, -0.2) is 30.1 Å². The number of benzene rings is 1. The largest absolute Gasteiger partial charge is 0.486 e. The van der Waals surface area contributed by atoms with Gasteiger partial charge in [0.2, 0.25) is 0 Å². The summed E-state index contributed by atoms with van der Waals surface area (Å²) in [6, 6.07) is 7.59. The monoisotopic (exact) mass is 265 g/mol. The Kier molecular flexibility index (Phi) is 6.39. The molecule has 0 aliphatic carbocycles. The molecule has 1 aromatic carbocycles. The Morgan fingerprint density at radius 1 is 1.26 bits per heavy atom. The summed E-state index contributed by atoms with van der Waals surface area (Å²) >= 11 is 0. The SMILES string of the molecule is C=CCOc1ccccc1OC(NC(C)C)C(C)O. The maximum atomic E-state index is 9.74. The predicted octanol–water partition coefficient (Wildman–Crippen LogP) is 2.34. The number of aliphatic hydroxyl groups excluding tert-OH is 1. The van der Waals surface area contributed by atoms with Gasteiger partial charge in [-0.25, -0.2) is 0 Å². The number of rotatable bonds is 8. The molecule has 0 saturated carbocycles. The first-order valence-electron chi connectivity index (χ1n) is 6.48. The Hall–Kier alpha value is -1.52. The van der Waals surface area contributed by atoms with Crippen molar-refractivity contribution in [2.75, 3.05) is 6.61 Å². The molecular formula is C15H23NO3. The number of para-hydroxylation sites is 2. The van der Waals surface area contributed by atoms with E-state index < -0.39 is 12.3 Å². The highest BCUT2D eigenvalue weighted by Gasteiger charge is 2.19. The topological polar surface area (TPSA) is 50.7 Å². The van der Waals surface area contributed by atoms with Crippen LogP contribution in [0.2, 0.25) is 0 Å². The van der Waals surface area contributed by atoms with E-state index in [4.69, 9.17) is 9.47 Å². The standard InChI is InChI=1S/C15H23NO3/c1-5-10-18-13-8-6-7-9-14(13)19-15(12(4)17)16-11(2)3/h5-9,11-12,15-17H,1,10H2,2-4H3. The molecule has 0 heterocycles. The molecule has 1 rings (SSSR count). The molecule has 0 spiro atoms. The van der Waals surface area contributed by atoms with Crippen LogP contribution in [-0.2, 0) is 0 Å². The molecule has 2 N–H and O–H groups in total. The van der Waals surface area contributed by atoms with Gasteiger partial charge in [0.1, 0.15) is 12.7 Å². The highest BCUT2D eigenvalue weighted by Crippen LogP contribution is 2.27. The molecule has 0 amide bonds. The molecule has 0 bridgehead atoms. The zero-order chi connectivity index (χ0) is 14.3. The second kappa shape index (κ2) is 7.81. The number of nitrogens with one attached hydrogen (secondary N) is 1. The number of ether oxygens (including phenoxy) is 2. The Morgan fingerprint density at radius 3 is 2.42 bits per heavy atom. The summed E-state index contributed by atoms with van der Waals surface area (Å²) in [5.41, 5.74) is 0. The summed E-state index contributed by atoms with van der Waals surface area (Å²) in [5, 5.41) is 12.9. The van der Waals surface area contributed by atoms with Crippen molar-refractivity contribution in [3.63, 3.8) is 0 Å². The van der Waals surface area contributed by atoms with Crippen LogP contribution in [0.4, 0.5) is 0 Å². The molecule has 2 unspecified atom stereocenters. The van der Waals surface area contributed by atoms with E-state index in [1.165, 1.54) is 0 Å². The Bertz CT molecular complexity index is 391. The third-order valence-electron chi connectivity index (χ3n) is 2.40. The van der Waals surface area contributed by atoms with Crippen LogP contribution in [0.25, 0.3) is 0 Å². The first kappa shape index (κ1) is 15.5. The Balaban J connectivity index is 2.80. The zero-order valence-electron chi connectivity index (χ0n) is 11.8. The minimum atomic E-state index is -0.630. The van der Waals surface area contributed by atoms with Gasteiger partial charge in [-0.1, -0.05) is 24.8 Å². The molecule has 0 aliphatic rings. The molecule has 0 radical (unpaired) electrons. The molecule has 0 aliphatic heterocycles. The minimum Gasteiger partial charge on any atom is -0.486 e. The van der Waals surface area contributed by atoms with Gasteiger partial charge in [-0.3, -0.25) is 5.32 Å². The quantitative estimate of drug-likeness (QED) is 0.559. The van der Waals surface area contributed by atoms with E-state index in [0.717, 1.165) is 0 Å². The minimum absolute atomic E-state index is 0.209. The van der Waals surface area contributed by atoms with E-state index in [0.29, 0.717) is 18.1 Å². The van der Waals surface area contributed by atoms with Crippen molar-refractivity contribution in [1.82, 2.24) is 5.32 Å². The van der Waals surface area contributed by atoms with Gasteiger partial charge in [0.05, 0.1) is 0 Å². The smallest absolute Gasteiger partial charge is 0.176 e. The second-order valence-corrected chi connectivity index (χ2v) is 4.65. The average Bonchev–Trinajstić information content (AvgIpc) is 2.36. The molecule has 106 valence electrons. The van der Waals surface area contributed by atoms with Crippen LogP contribution in [0, 0.1) is 0 Å². The summed E-state index contributed by atoms with van der Waals surface area (Å²) in [6.45, 7) is 9.72. The van der Waals surface area contributed by atoms with Crippen molar-refractivity contribution in [1.29, 1.82) is 0 Å². The van der Waals surface area contributed by atoms with Crippen LogP contribution in [0.15, 0.2) is 36.9 Å². The molecule has 1 aromatic rings. The Labute approximate surface area is 115 Å². The maximum absolute atomic E-state index is 9.74. The fourth-order valence-corrected chi connectivity index (χ4v) is 1.55. The normalized spacial score (nSPS) is 13.9. The first-order chi connectivity index (χ1) is 9.04. The third-order valence-corrected chi connectivity index (χ3v) is 2.40. The van der Waals surface area contributed by atoms with Gasteiger partial charge < -0.3 is 14.6 Å². The maximum Gasteiger partial charge on any atom is 0.176 e. The highest BCUT2D eigenvalue weighted by molar-refractivity contribution is 5.39. The van der Waals surface area contributed by atoms with Gasteiger partial charge in [-0.15, -0.1) is 0 Å². The van der Waals surface area contributed by atoms with E-state index in [2.05, 4.69) is 11.9 Å². The van der Waals surface area contributed by atoms with Crippen LogP contribution in [0.3, 0.4) is 0 Å². The second-order valence-electron chi connectivity index (χ2n) is 4.65. The predicted molar refractivity (Wildman–Crippen MR) is 76.5 cm³/mol. The van der Waals surface area contributed by atoms with Gasteiger partial charge in [0, 0.05) is 6.04 Å². The zero-order valence-corrected chi connectivity index (χ0v) is 11.8. The van der Waals surface area contributed by atoms with Gasteiger partial charge in [0.15, 0.2) is 17.7 Å². The summed E-state index contributed by atoms with van der Waals surface area (Å²) in [7, 11) is 0. The lowest BCUT2D eigenvalue weighted by Crippen LogP contribution is -2.46. The van der Waals surface area contributed by atoms with E-state index in [9.17, 15) is 5.11 Å². The van der Waals surface area contributed by atoms with Crippen molar-refractivity contribution in [2.24, 2.45) is 0 Å². The van der Waals surface area contributed by atoms with Crippen molar-refractivity contribution < 1.29 is 14.6 Å². The number of aliphatic hydroxyl groups is 1. The molecule has 4 nitrogen and oxygen atoms in total. The van der Waals surface area contributed by atoms with Crippen LogP contribution in [0.1, 0.15) is 20.8 Å². The van der Waals surface area contributed by atoms with Crippen molar-refractivity contribution in [3.05, 3.63) is 36.9 Å². The summed E-state index contributed by atoms with van der Waals surface area (Å²) < 4.78 is 11.3. The molecule has 2 atom stereocenters. The summed E-state index contributed by atoms with van der Waals surface area (Å²) in [4.78, 5) is 0. The van der Waals surface area contributed by atoms with Crippen LogP contribution in [0.5, 0.6) is 11.5 Å². The number of hydrogen-bond donors (Lipinski definition) is 2. The molecule has 0 fully saturated rings. The van der Waals surface area contributed by atoms with E-state index in [1.54, 1.807) is 13.0 Å². The highest BCUT2D eigenvalue weighted by atomic mass is 16.5. The van der Waals surface area contributed by atoms with Gasteiger partial charge in [0.25, 0.3) is 0 Å². The average molecular weight is 265 g/mol. The molecule has 0 aromatic heterocycles. The van der Waals surface area contributed by atoms with Crippen LogP contribution >= 0.6 is 0 Å². The van der Waals surface area contributed by atoms with Gasteiger partial charge in [-0.05, 0) is 32.9 Å². The lowest BCUT2D eigenvalue weighted by atomic mass is 10.3. The van der Waals surface area contributed by atoms with Crippen molar-refractivity contribution in [3.8, 4) is 11.5 Å². The Morgan fingerprint density at radius 2 is 1.89 bits per heavy atom. The first-order valence-corrected chi connectivity index (χ1v) is 6.48. The molecule has 0 saturated heterocycles. The summed E-state index contributed by atoms with van der Waals surface area (Å²) in [6.07, 6.45) is 0.568. The van der Waals surface area contributed by atoms with E-state index in [-0.39, 0.29) is 6.04 Å². The van der Waals surface area contributed by atoms with Crippen molar-refractivity contribution in [2.45, 2.75) is 39.1 Å². The fraction of sp³-hybridized carbons (Fsp3) is 0.467. The van der Waals surface area contributed by atoms with E-state index in [1.807, 2.05) is 38.1 Å². The van der Waals surface area contributed by atoms with Crippen molar-refractivity contribution >= 4 is 0 Å². The molecule has 19 heavy (non-hydrogen) atoms. The summed E-state index contributed by atoms with van der Waals surface area (Å²) in [5.74, 6) is 1.24.